The van der Waals surface area contributed by atoms with Crippen LogP contribution >= 0.6 is 11.8 Å². The SMILES string of the molecule is Cc1occc1-c1nnc(SCC(=O)NC(=O)NC2CCCCC2)n1-c1ccccc1. The molecule has 0 bridgehead atoms. The van der Waals surface area contributed by atoms with E-state index in [0.717, 1.165) is 42.7 Å². The third-order valence-corrected chi connectivity index (χ3v) is 6.20. The Labute approximate surface area is 184 Å². The van der Waals surface area contributed by atoms with E-state index in [0.29, 0.717) is 11.0 Å². The minimum absolute atomic E-state index is 0.0490. The molecular weight excluding hydrogens is 414 g/mol. The minimum Gasteiger partial charge on any atom is -0.469 e. The van der Waals surface area contributed by atoms with Crippen molar-refractivity contribution in [1.29, 1.82) is 0 Å². The highest BCUT2D eigenvalue weighted by Crippen LogP contribution is 2.30. The lowest BCUT2D eigenvalue weighted by Gasteiger charge is -2.22. The number of nitrogens with one attached hydrogen (secondary N) is 2. The molecule has 0 unspecified atom stereocenters. The van der Waals surface area contributed by atoms with Crippen LogP contribution in [-0.2, 0) is 4.79 Å². The van der Waals surface area contributed by atoms with Crippen molar-refractivity contribution in [3.8, 4) is 17.1 Å². The summed E-state index contributed by atoms with van der Waals surface area (Å²) in [5, 5.41) is 14.5. The molecule has 0 radical (unpaired) electrons. The summed E-state index contributed by atoms with van der Waals surface area (Å²) < 4.78 is 7.31. The summed E-state index contributed by atoms with van der Waals surface area (Å²) in [4.78, 5) is 24.5. The molecule has 31 heavy (non-hydrogen) atoms. The number of para-hydroxylation sites is 1. The lowest BCUT2D eigenvalue weighted by Crippen LogP contribution is -2.45. The molecule has 1 aliphatic rings. The molecule has 1 aliphatic carbocycles. The van der Waals surface area contributed by atoms with E-state index < -0.39 is 6.03 Å². The number of benzene rings is 1. The molecule has 0 spiro atoms. The van der Waals surface area contributed by atoms with Crippen molar-refractivity contribution in [2.24, 2.45) is 0 Å². The zero-order chi connectivity index (χ0) is 21.6. The zero-order valence-corrected chi connectivity index (χ0v) is 18.2. The van der Waals surface area contributed by atoms with Crippen LogP contribution in [0.5, 0.6) is 0 Å². The summed E-state index contributed by atoms with van der Waals surface area (Å²) >= 11 is 1.23. The first-order valence-electron chi connectivity index (χ1n) is 10.4. The summed E-state index contributed by atoms with van der Waals surface area (Å²) in [5.74, 6) is 1.04. The van der Waals surface area contributed by atoms with Gasteiger partial charge in [-0.1, -0.05) is 49.2 Å². The fourth-order valence-corrected chi connectivity index (χ4v) is 4.48. The number of imide groups is 1. The van der Waals surface area contributed by atoms with Gasteiger partial charge in [0.25, 0.3) is 0 Å². The maximum absolute atomic E-state index is 12.3. The topological polar surface area (TPSA) is 102 Å². The molecule has 1 fully saturated rings. The van der Waals surface area contributed by atoms with Crippen LogP contribution in [0.15, 0.2) is 52.2 Å². The highest BCUT2D eigenvalue weighted by Gasteiger charge is 2.21. The Morgan fingerprint density at radius 1 is 1.13 bits per heavy atom. The fourth-order valence-electron chi connectivity index (χ4n) is 3.73. The van der Waals surface area contributed by atoms with Gasteiger partial charge in [-0.05, 0) is 38.0 Å². The first-order valence-corrected chi connectivity index (χ1v) is 11.4. The Hall–Kier alpha value is -3.07. The second-order valence-corrected chi connectivity index (χ2v) is 8.46. The van der Waals surface area contributed by atoms with Gasteiger partial charge in [-0.2, -0.15) is 0 Å². The second-order valence-electron chi connectivity index (χ2n) is 7.51. The van der Waals surface area contributed by atoms with E-state index in [4.69, 9.17) is 4.42 Å². The van der Waals surface area contributed by atoms with Crippen molar-refractivity contribution < 1.29 is 14.0 Å². The molecule has 2 heterocycles. The monoisotopic (exact) mass is 439 g/mol. The van der Waals surface area contributed by atoms with E-state index in [-0.39, 0.29) is 17.7 Å². The van der Waals surface area contributed by atoms with Gasteiger partial charge in [-0.15, -0.1) is 10.2 Å². The summed E-state index contributed by atoms with van der Waals surface area (Å²) in [7, 11) is 0. The van der Waals surface area contributed by atoms with Crippen molar-refractivity contribution >= 4 is 23.7 Å². The number of thioether (sulfide) groups is 1. The van der Waals surface area contributed by atoms with Crippen molar-refractivity contribution in [2.45, 2.75) is 50.2 Å². The van der Waals surface area contributed by atoms with Gasteiger partial charge < -0.3 is 9.73 Å². The van der Waals surface area contributed by atoms with E-state index in [2.05, 4.69) is 20.8 Å². The standard InChI is InChI=1S/C22H25N5O3S/c1-15-18(12-13-30-15)20-25-26-22(27(20)17-10-6-3-7-11-17)31-14-19(28)24-21(29)23-16-8-4-2-5-9-16/h3,6-7,10-13,16H,2,4-5,8-9,14H2,1H3,(H2,23,24,28,29). The quantitative estimate of drug-likeness (QED) is 0.561. The molecule has 1 saturated carbocycles. The van der Waals surface area contributed by atoms with Crippen LogP contribution in [0.1, 0.15) is 37.9 Å². The predicted molar refractivity (Wildman–Crippen MR) is 118 cm³/mol. The number of aryl methyl sites for hydroxylation is 1. The van der Waals surface area contributed by atoms with Crippen molar-refractivity contribution in [1.82, 2.24) is 25.4 Å². The Balaban J connectivity index is 1.45. The third-order valence-electron chi connectivity index (χ3n) is 5.27. The van der Waals surface area contributed by atoms with Crippen LogP contribution in [-0.4, -0.2) is 38.5 Å². The van der Waals surface area contributed by atoms with E-state index in [1.807, 2.05) is 47.9 Å². The predicted octanol–water partition coefficient (Wildman–Crippen LogP) is 4.09. The van der Waals surface area contributed by atoms with Gasteiger partial charge in [0.1, 0.15) is 5.76 Å². The molecule has 1 aromatic carbocycles. The van der Waals surface area contributed by atoms with Crippen LogP contribution in [0.25, 0.3) is 17.1 Å². The van der Waals surface area contributed by atoms with Gasteiger partial charge in [-0.3, -0.25) is 14.7 Å². The summed E-state index contributed by atoms with van der Waals surface area (Å²) in [6, 6.07) is 11.2. The Kier molecular flexibility index (Phi) is 6.71. The lowest BCUT2D eigenvalue weighted by molar-refractivity contribution is -0.117. The molecule has 9 heteroatoms. The van der Waals surface area contributed by atoms with Gasteiger partial charge >= 0.3 is 6.03 Å². The fraction of sp³-hybridized carbons (Fsp3) is 0.364. The number of carbonyl (C=O) groups excluding carboxylic acids is 2. The summed E-state index contributed by atoms with van der Waals surface area (Å²) in [5.41, 5.74) is 1.71. The van der Waals surface area contributed by atoms with Crippen LogP contribution < -0.4 is 10.6 Å². The molecule has 4 rings (SSSR count). The third kappa shape index (κ3) is 5.16. The number of furan rings is 1. The number of urea groups is 1. The van der Waals surface area contributed by atoms with E-state index >= 15 is 0 Å². The summed E-state index contributed by atoms with van der Waals surface area (Å²) in [6.07, 6.45) is 6.97. The normalized spacial score (nSPS) is 14.4. The molecular formula is C22H25N5O3S. The smallest absolute Gasteiger partial charge is 0.321 e. The molecule has 2 aromatic heterocycles. The number of amides is 3. The molecule has 0 saturated heterocycles. The number of carbonyl (C=O) groups is 2. The molecule has 3 amide bonds. The Morgan fingerprint density at radius 3 is 2.61 bits per heavy atom. The summed E-state index contributed by atoms with van der Waals surface area (Å²) in [6.45, 7) is 1.87. The van der Waals surface area contributed by atoms with E-state index in [1.165, 1.54) is 18.2 Å². The molecule has 8 nitrogen and oxygen atoms in total. The number of aromatic nitrogens is 3. The first-order chi connectivity index (χ1) is 15.1. The van der Waals surface area contributed by atoms with Crippen LogP contribution in [0.3, 0.4) is 0 Å². The van der Waals surface area contributed by atoms with Gasteiger partial charge in [-0.25, -0.2) is 4.79 Å². The van der Waals surface area contributed by atoms with Crippen LogP contribution in [0.2, 0.25) is 0 Å². The number of hydrogen-bond donors (Lipinski definition) is 2. The van der Waals surface area contributed by atoms with Crippen molar-refractivity contribution in [3.63, 3.8) is 0 Å². The average molecular weight is 440 g/mol. The van der Waals surface area contributed by atoms with Crippen LogP contribution in [0.4, 0.5) is 4.79 Å². The number of nitrogens with zero attached hydrogens (tertiary/aromatic N) is 3. The number of hydrogen-bond acceptors (Lipinski definition) is 6. The molecule has 2 N–H and O–H groups in total. The molecule has 162 valence electrons. The van der Waals surface area contributed by atoms with Gasteiger partial charge in [0.15, 0.2) is 11.0 Å². The lowest BCUT2D eigenvalue weighted by atomic mass is 9.96. The van der Waals surface area contributed by atoms with Gasteiger partial charge in [0.2, 0.25) is 5.91 Å². The highest BCUT2D eigenvalue weighted by molar-refractivity contribution is 7.99. The molecule has 0 aliphatic heterocycles. The number of rotatable bonds is 6. The van der Waals surface area contributed by atoms with E-state index in [1.54, 1.807) is 6.26 Å². The minimum atomic E-state index is -0.434. The Bertz CT molecular complexity index is 1040. The molecule has 0 atom stereocenters. The average Bonchev–Trinajstić information content (AvgIpc) is 3.39. The largest absolute Gasteiger partial charge is 0.469 e. The van der Waals surface area contributed by atoms with Crippen LogP contribution in [0, 0.1) is 6.92 Å². The maximum Gasteiger partial charge on any atom is 0.321 e. The zero-order valence-electron chi connectivity index (χ0n) is 17.3. The van der Waals surface area contributed by atoms with Gasteiger partial charge in [0.05, 0.1) is 17.6 Å². The van der Waals surface area contributed by atoms with Gasteiger partial charge in [0, 0.05) is 11.7 Å². The second kappa shape index (κ2) is 9.82. The van der Waals surface area contributed by atoms with Crippen molar-refractivity contribution in [3.05, 3.63) is 48.4 Å². The van der Waals surface area contributed by atoms with Crippen molar-refractivity contribution in [2.75, 3.05) is 5.75 Å². The first kappa shape index (κ1) is 21.2. The maximum atomic E-state index is 12.3. The molecule has 3 aromatic rings. The van der Waals surface area contributed by atoms with E-state index in [9.17, 15) is 9.59 Å². The Morgan fingerprint density at radius 2 is 1.90 bits per heavy atom. The highest BCUT2D eigenvalue weighted by atomic mass is 32.2.